The number of alkyl carbamates (subject to hydrolysis) is 1. The lowest BCUT2D eigenvalue weighted by Gasteiger charge is -2.22. The van der Waals surface area contributed by atoms with Crippen LogP contribution in [0, 0.1) is 5.82 Å². The monoisotopic (exact) mass is 405 g/mol. The zero-order chi connectivity index (χ0) is 20.5. The van der Waals surface area contributed by atoms with Crippen LogP contribution in [0.1, 0.15) is 26.5 Å². The van der Waals surface area contributed by atoms with Crippen molar-refractivity contribution in [3.8, 4) is 11.3 Å². The fourth-order valence-electron chi connectivity index (χ4n) is 2.71. The molecule has 2 N–H and O–H groups in total. The fourth-order valence-corrected chi connectivity index (χ4v) is 3.44. The number of aliphatic carboxylic acids is 1. The molecule has 0 radical (unpaired) electrons. The smallest absolute Gasteiger partial charge is 0.408 e. The van der Waals surface area contributed by atoms with Gasteiger partial charge in [-0.25, -0.2) is 19.0 Å². The number of carboxylic acids is 1. The third-order valence-electron chi connectivity index (χ3n) is 3.87. The number of fused-ring (bicyclic) bond motifs is 1. The number of aromatic nitrogens is 2. The number of thiazole rings is 1. The lowest BCUT2D eigenvalue weighted by Crippen LogP contribution is -2.44. The Kier molecular flexibility index (Phi) is 5.37. The molecule has 1 aromatic carbocycles. The first-order valence-electron chi connectivity index (χ1n) is 8.57. The summed E-state index contributed by atoms with van der Waals surface area (Å²) in [6, 6.07) is 4.60. The number of imidazole rings is 1. The molecule has 0 aliphatic heterocycles. The number of ether oxygens (including phenoxy) is 1. The molecule has 0 saturated carbocycles. The molecule has 7 nitrogen and oxygen atoms in total. The SMILES string of the molecule is CC(C)(C)OC(=O)NC(Cc1c(-c2ccc(F)cc2)nc2sccn12)C(=O)O. The zero-order valence-electron chi connectivity index (χ0n) is 15.6. The van der Waals surface area contributed by atoms with Gasteiger partial charge in [0.25, 0.3) is 0 Å². The molecule has 0 saturated heterocycles. The second-order valence-corrected chi connectivity index (χ2v) is 8.08. The van der Waals surface area contributed by atoms with E-state index in [1.807, 2.05) is 5.38 Å². The fraction of sp³-hybridized carbons (Fsp3) is 0.316. The number of amides is 1. The Labute approximate surface area is 164 Å². The molecule has 0 spiro atoms. The summed E-state index contributed by atoms with van der Waals surface area (Å²) in [5.41, 5.74) is 1.06. The van der Waals surface area contributed by atoms with Gasteiger partial charge in [0.2, 0.25) is 0 Å². The van der Waals surface area contributed by atoms with E-state index in [1.165, 1.54) is 23.5 Å². The van der Waals surface area contributed by atoms with Crippen LogP contribution in [0.3, 0.4) is 0 Å². The lowest BCUT2D eigenvalue weighted by molar-refractivity contribution is -0.139. The minimum atomic E-state index is -1.21. The largest absolute Gasteiger partial charge is 0.480 e. The van der Waals surface area contributed by atoms with Crippen molar-refractivity contribution in [1.29, 1.82) is 0 Å². The first kappa shape index (κ1) is 19.8. The van der Waals surface area contributed by atoms with Gasteiger partial charge in [-0.15, -0.1) is 11.3 Å². The van der Waals surface area contributed by atoms with Crippen LogP contribution < -0.4 is 5.32 Å². The predicted molar refractivity (Wildman–Crippen MR) is 103 cm³/mol. The summed E-state index contributed by atoms with van der Waals surface area (Å²) in [5, 5.41) is 13.8. The van der Waals surface area contributed by atoms with Gasteiger partial charge < -0.3 is 15.2 Å². The van der Waals surface area contributed by atoms with Crippen LogP contribution >= 0.6 is 11.3 Å². The average molecular weight is 405 g/mol. The molecule has 0 fully saturated rings. The molecule has 28 heavy (non-hydrogen) atoms. The van der Waals surface area contributed by atoms with Crippen LogP contribution in [0.25, 0.3) is 16.2 Å². The quantitative estimate of drug-likeness (QED) is 0.675. The van der Waals surface area contributed by atoms with Crippen LogP contribution in [-0.4, -0.2) is 38.2 Å². The van der Waals surface area contributed by atoms with Gasteiger partial charge in [0.1, 0.15) is 17.5 Å². The molecule has 2 aromatic heterocycles. The van der Waals surface area contributed by atoms with Gasteiger partial charge in [0, 0.05) is 23.6 Å². The van der Waals surface area contributed by atoms with E-state index in [4.69, 9.17) is 4.74 Å². The van der Waals surface area contributed by atoms with E-state index < -0.39 is 23.7 Å². The van der Waals surface area contributed by atoms with Crippen molar-refractivity contribution in [3.05, 3.63) is 47.4 Å². The number of benzene rings is 1. The number of carboxylic acid groups (broad SMARTS) is 1. The van der Waals surface area contributed by atoms with Crippen molar-refractivity contribution in [2.75, 3.05) is 0 Å². The summed E-state index contributed by atoms with van der Waals surface area (Å²) in [7, 11) is 0. The minimum Gasteiger partial charge on any atom is -0.480 e. The first-order valence-corrected chi connectivity index (χ1v) is 9.45. The maximum atomic E-state index is 13.3. The second-order valence-electron chi connectivity index (χ2n) is 7.21. The number of halogens is 1. The lowest BCUT2D eigenvalue weighted by atomic mass is 10.0. The Morgan fingerprint density at radius 2 is 2.00 bits per heavy atom. The highest BCUT2D eigenvalue weighted by atomic mass is 32.1. The molecule has 1 amide bonds. The molecule has 1 atom stereocenters. The van der Waals surface area contributed by atoms with Crippen molar-refractivity contribution in [2.24, 2.45) is 0 Å². The Hall–Kier alpha value is -2.94. The molecular formula is C19H20FN3O4S. The maximum Gasteiger partial charge on any atom is 0.408 e. The third-order valence-corrected chi connectivity index (χ3v) is 4.62. The molecule has 2 heterocycles. The molecule has 148 valence electrons. The Morgan fingerprint density at radius 3 is 2.61 bits per heavy atom. The van der Waals surface area contributed by atoms with E-state index in [0.29, 0.717) is 21.9 Å². The van der Waals surface area contributed by atoms with Gasteiger partial charge in [-0.2, -0.15) is 0 Å². The summed E-state index contributed by atoms with van der Waals surface area (Å²) in [6.45, 7) is 5.09. The van der Waals surface area contributed by atoms with E-state index in [1.54, 1.807) is 43.5 Å². The van der Waals surface area contributed by atoms with E-state index in [0.717, 1.165) is 0 Å². The van der Waals surface area contributed by atoms with Crippen LogP contribution in [0.5, 0.6) is 0 Å². The van der Waals surface area contributed by atoms with E-state index in [-0.39, 0.29) is 12.2 Å². The molecule has 0 aliphatic rings. The maximum absolute atomic E-state index is 13.3. The second kappa shape index (κ2) is 7.59. The Morgan fingerprint density at radius 1 is 1.32 bits per heavy atom. The predicted octanol–water partition coefficient (Wildman–Crippen LogP) is 3.72. The van der Waals surface area contributed by atoms with Crippen molar-refractivity contribution in [3.63, 3.8) is 0 Å². The van der Waals surface area contributed by atoms with Gasteiger partial charge in [-0.3, -0.25) is 4.40 Å². The van der Waals surface area contributed by atoms with Crippen molar-refractivity contribution in [2.45, 2.75) is 38.8 Å². The van der Waals surface area contributed by atoms with E-state index in [9.17, 15) is 19.1 Å². The van der Waals surface area contributed by atoms with E-state index >= 15 is 0 Å². The number of hydrogen-bond donors (Lipinski definition) is 2. The van der Waals surface area contributed by atoms with E-state index in [2.05, 4.69) is 10.3 Å². The Balaban J connectivity index is 1.93. The van der Waals surface area contributed by atoms with Gasteiger partial charge in [0.15, 0.2) is 4.96 Å². The van der Waals surface area contributed by atoms with Crippen molar-refractivity contribution >= 4 is 28.4 Å². The normalized spacial score (nSPS) is 12.7. The number of carbonyl (C=O) groups is 2. The van der Waals surface area contributed by atoms with Crippen molar-refractivity contribution < 1.29 is 23.8 Å². The summed E-state index contributed by atoms with van der Waals surface area (Å²) >= 11 is 1.40. The highest BCUT2D eigenvalue weighted by molar-refractivity contribution is 7.15. The molecule has 1 unspecified atom stereocenters. The van der Waals surface area contributed by atoms with Gasteiger partial charge in [-0.1, -0.05) is 0 Å². The number of nitrogens with zero attached hydrogens (tertiary/aromatic N) is 2. The molecular weight excluding hydrogens is 385 g/mol. The molecule has 0 bridgehead atoms. The van der Waals surface area contributed by atoms with Crippen LogP contribution in [-0.2, 0) is 16.0 Å². The number of carbonyl (C=O) groups excluding carboxylic acids is 1. The Bertz CT molecular complexity index is 1000. The first-order chi connectivity index (χ1) is 13.1. The van der Waals surface area contributed by atoms with Crippen molar-refractivity contribution in [1.82, 2.24) is 14.7 Å². The average Bonchev–Trinajstić information content (AvgIpc) is 3.15. The third kappa shape index (κ3) is 4.48. The topological polar surface area (TPSA) is 92.9 Å². The molecule has 0 aliphatic carbocycles. The molecule has 9 heteroatoms. The van der Waals surface area contributed by atoms with Gasteiger partial charge in [0.05, 0.1) is 11.4 Å². The standard InChI is InChI=1S/C19H20FN3O4S/c1-19(2,3)27-18(26)21-13(16(24)25)10-14-15(11-4-6-12(20)7-5-11)22-17-23(14)8-9-28-17/h4-9,13H,10H2,1-3H3,(H,21,26)(H,24,25). The highest BCUT2D eigenvalue weighted by Gasteiger charge is 2.27. The minimum absolute atomic E-state index is 0.0147. The number of nitrogens with one attached hydrogen (secondary N) is 1. The molecule has 3 rings (SSSR count). The number of hydrogen-bond acceptors (Lipinski definition) is 5. The summed E-state index contributed by atoms with van der Waals surface area (Å²) in [5.74, 6) is -1.57. The van der Waals surface area contributed by atoms with Crippen LogP contribution in [0.4, 0.5) is 9.18 Å². The number of rotatable bonds is 5. The zero-order valence-corrected chi connectivity index (χ0v) is 16.4. The van der Waals surface area contributed by atoms with Gasteiger partial charge in [-0.05, 0) is 45.0 Å². The summed E-state index contributed by atoms with van der Waals surface area (Å²) in [4.78, 5) is 29.0. The highest BCUT2D eigenvalue weighted by Crippen LogP contribution is 2.28. The van der Waals surface area contributed by atoms with Crippen LogP contribution in [0.15, 0.2) is 35.8 Å². The summed E-state index contributed by atoms with van der Waals surface area (Å²) in [6.07, 6.45) is 0.954. The summed E-state index contributed by atoms with van der Waals surface area (Å²) < 4.78 is 20.2. The van der Waals surface area contributed by atoms with Gasteiger partial charge >= 0.3 is 12.1 Å². The van der Waals surface area contributed by atoms with Crippen LogP contribution in [0.2, 0.25) is 0 Å². The molecule has 3 aromatic rings.